The first kappa shape index (κ1) is 10.2. The van der Waals surface area contributed by atoms with Crippen molar-refractivity contribution in [3.05, 3.63) is 17.8 Å². The van der Waals surface area contributed by atoms with Gasteiger partial charge in [0.2, 0.25) is 0 Å². The minimum atomic E-state index is 0.0823. The van der Waals surface area contributed by atoms with Crippen LogP contribution in [0.1, 0.15) is 18.4 Å². The molecule has 0 spiro atoms. The summed E-state index contributed by atoms with van der Waals surface area (Å²) in [6.07, 6.45) is 3.96. The quantitative estimate of drug-likeness (QED) is 0.692. The molecule has 1 aromatic rings. The Morgan fingerprint density at radius 1 is 1.60 bits per heavy atom. The van der Waals surface area contributed by atoms with E-state index < -0.39 is 0 Å². The predicted octanol–water partition coefficient (Wildman–Crippen LogP) is 1.16. The number of nitrogens with one attached hydrogen (secondary N) is 1. The summed E-state index contributed by atoms with van der Waals surface area (Å²) >= 11 is 0. The van der Waals surface area contributed by atoms with Crippen molar-refractivity contribution in [2.45, 2.75) is 19.8 Å². The second kappa shape index (κ2) is 3.70. The molecular formula is C11H17N3O. The molecule has 0 bridgehead atoms. The van der Waals surface area contributed by atoms with Crippen LogP contribution in [0, 0.1) is 12.3 Å². The second-order valence-corrected chi connectivity index (χ2v) is 4.46. The van der Waals surface area contributed by atoms with Crippen LogP contribution in [-0.2, 0) is 0 Å². The lowest BCUT2D eigenvalue weighted by Gasteiger charge is -2.14. The molecule has 0 saturated heterocycles. The van der Waals surface area contributed by atoms with Crippen molar-refractivity contribution in [3.63, 3.8) is 0 Å². The van der Waals surface area contributed by atoms with E-state index in [0.717, 1.165) is 30.8 Å². The van der Waals surface area contributed by atoms with E-state index in [2.05, 4.69) is 10.3 Å². The zero-order valence-electron chi connectivity index (χ0n) is 8.95. The van der Waals surface area contributed by atoms with Crippen LogP contribution in [0.5, 0.6) is 0 Å². The minimum Gasteiger partial charge on any atom is -0.396 e. The molecule has 4 heteroatoms. The Labute approximate surface area is 89.5 Å². The van der Waals surface area contributed by atoms with Crippen LogP contribution in [0.2, 0.25) is 0 Å². The van der Waals surface area contributed by atoms with Gasteiger partial charge in [0.25, 0.3) is 0 Å². The predicted molar refractivity (Wildman–Crippen MR) is 60.6 cm³/mol. The molecule has 15 heavy (non-hydrogen) atoms. The number of aromatic nitrogens is 1. The van der Waals surface area contributed by atoms with Crippen LogP contribution >= 0.6 is 0 Å². The fraction of sp³-hybridized carbons (Fsp3) is 0.545. The number of anilines is 2. The maximum Gasteiger partial charge on any atom is 0.149 e. The van der Waals surface area contributed by atoms with E-state index in [9.17, 15) is 0 Å². The SMILES string of the molecule is Cc1cnc(NCC2(CO)CC2)c(N)c1. The van der Waals surface area contributed by atoms with Gasteiger partial charge < -0.3 is 16.2 Å². The molecule has 0 aromatic carbocycles. The fourth-order valence-electron chi connectivity index (χ4n) is 1.58. The van der Waals surface area contributed by atoms with Crippen molar-refractivity contribution in [2.75, 3.05) is 24.2 Å². The Kier molecular flexibility index (Phi) is 2.52. The molecular weight excluding hydrogens is 190 g/mol. The van der Waals surface area contributed by atoms with Gasteiger partial charge >= 0.3 is 0 Å². The van der Waals surface area contributed by atoms with Crippen molar-refractivity contribution in [3.8, 4) is 0 Å². The zero-order valence-corrected chi connectivity index (χ0v) is 8.95. The number of aliphatic hydroxyl groups excluding tert-OH is 1. The van der Waals surface area contributed by atoms with Gasteiger partial charge in [0.15, 0.2) is 0 Å². The first-order valence-electron chi connectivity index (χ1n) is 5.22. The number of nitrogens with zero attached hydrogens (tertiary/aromatic N) is 1. The van der Waals surface area contributed by atoms with E-state index in [1.165, 1.54) is 0 Å². The summed E-state index contributed by atoms with van der Waals surface area (Å²) in [7, 11) is 0. The van der Waals surface area contributed by atoms with Gasteiger partial charge in [-0.2, -0.15) is 0 Å². The van der Waals surface area contributed by atoms with E-state index in [0.29, 0.717) is 5.69 Å². The third-order valence-corrected chi connectivity index (χ3v) is 2.98. The van der Waals surface area contributed by atoms with Crippen LogP contribution in [0.4, 0.5) is 11.5 Å². The highest BCUT2D eigenvalue weighted by Crippen LogP contribution is 2.45. The lowest BCUT2D eigenvalue weighted by Crippen LogP contribution is -2.20. The van der Waals surface area contributed by atoms with Gasteiger partial charge in [0, 0.05) is 18.2 Å². The standard InChI is InChI=1S/C11H17N3O/c1-8-4-9(12)10(13-5-8)14-6-11(7-15)2-3-11/h4-5,15H,2-3,6-7,12H2,1H3,(H,13,14). The molecule has 0 unspecified atom stereocenters. The summed E-state index contributed by atoms with van der Waals surface area (Å²) in [5.41, 5.74) is 7.63. The number of rotatable bonds is 4. The molecule has 1 heterocycles. The Morgan fingerprint density at radius 2 is 2.33 bits per heavy atom. The fourth-order valence-corrected chi connectivity index (χ4v) is 1.58. The Balaban J connectivity index is 1.99. The molecule has 1 saturated carbocycles. The molecule has 4 nitrogen and oxygen atoms in total. The van der Waals surface area contributed by atoms with Gasteiger partial charge in [-0.3, -0.25) is 0 Å². The summed E-state index contributed by atoms with van der Waals surface area (Å²) in [6.45, 7) is 2.96. The minimum absolute atomic E-state index is 0.0823. The van der Waals surface area contributed by atoms with Crippen LogP contribution in [0.3, 0.4) is 0 Å². The third-order valence-electron chi connectivity index (χ3n) is 2.98. The highest BCUT2D eigenvalue weighted by molar-refractivity contribution is 5.61. The molecule has 4 N–H and O–H groups in total. The van der Waals surface area contributed by atoms with Crippen molar-refractivity contribution in [1.29, 1.82) is 0 Å². The van der Waals surface area contributed by atoms with E-state index >= 15 is 0 Å². The van der Waals surface area contributed by atoms with Gasteiger partial charge in [-0.15, -0.1) is 0 Å². The summed E-state index contributed by atoms with van der Waals surface area (Å²) < 4.78 is 0. The highest BCUT2D eigenvalue weighted by atomic mass is 16.3. The molecule has 1 aliphatic rings. The summed E-state index contributed by atoms with van der Waals surface area (Å²) in [5, 5.41) is 12.4. The summed E-state index contributed by atoms with van der Waals surface area (Å²) in [4.78, 5) is 4.23. The van der Waals surface area contributed by atoms with E-state index in [1.54, 1.807) is 6.20 Å². The summed E-state index contributed by atoms with van der Waals surface area (Å²) in [6, 6.07) is 1.90. The lowest BCUT2D eigenvalue weighted by molar-refractivity contribution is 0.219. The van der Waals surface area contributed by atoms with Crippen LogP contribution in [-0.4, -0.2) is 23.2 Å². The second-order valence-electron chi connectivity index (χ2n) is 4.46. The van der Waals surface area contributed by atoms with Gasteiger partial charge in [0.05, 0.1) is 12.3 Å². The van der Waals surface area contributed by atoms with E-state index in [1.807, 2.05) is 13.0 Å². The van der Waals surface area contributed by atoms with Crippen LogP contribution in [0.25, 0.3) is 0 Å². The van der Waals surface area contributed by atoms with Crippen molar-refractivity contribution >= 4 is 11.5 Å². The first-order valence-corrected chi connectivity index (χ1v) is 5.22. The largest absolute Gasteiger partial charge is 0.396 e. The molecule has 2 rings (SSSR count). The average molecular weight is 207 g/mol. The molecule has 0 amide bonds. The van der Waals surface area contributed by atoms with Crippen LogP contribution < -0.4 is 11.1 Å². The van der Waals surface area contributed by atoms with Gasteiger partial charge in [-0.05, 0) is 31.4 Å². The number of aryl methyl sites for hydroxylation is 1. The lowest BCUT2D eigenvalue weighted by atomic mass is 10.1. The average Bonchev–Trinajstić information content (AvgIpc) is 2.97. The van der Waals surface area contributed by atoms with Gasteiger partial charge in [0.1, 0.15) is 5.82 Å². The number of hydrogen-bond acceptors (Lipinski definition) is 4. The number of nitrogen functional groups attached to an aromatic ring is 1. The number of nitrogens with two attached hydrogens (primary N) is 1. The molecule has 0 aliphatic heterocycles. The van der Waals surface area contributed by atoms with Crippen molar-refractivity contribution in [2.24, 2.45) is 5.41 Å². The number of hydrogen-bond donors (Lipinski definition) is 3. The van der Waals surface area contributed by atoms with E-state index in [-0.39, 0.29) is 12.0 Å². The molecule has 1 aliphatic carbocycles. The molecule has 0 radical (unpaired) electrons. The smallest absolute Gasteiger partial charge is 0.149 e. The first-order chi connectivity index (χ1) is 7.15. The molecule has 1 aromatic heterocycles. The number of aliphatic hydroxyl groups is 1. The Bertz CT molecular complexity index is 361. The topological polar surface area (TPSA) is 71.2 Å². The summed E-state index contributed by atoms with van der Waals surface area (Å²) in [5.74, 6) is 0.723. The Morgan fingerprint density at radius 3 is 2.87 bits per heavy atom. The Hall–Kier alpha value is -1.29. The van der Waals surface area contributed by atoms with Gasteiger partial charge in [-0.1, -0.05) is 0 Å². The number of pyridine rings is 1. The van der Waals surface area contributed by atoms with Crippen molar-refractivity contribution < 1.29 is 5.11 Å². The van der Waals surface area contributed by atoms with Gasteiger partial charge in [-0.25, -0.2) is 4.98 Å². The maximum atomic E-state index is 9.16. The molecule has 1 fully saturated rings. The third kappa shape index (κ3) is 2.21. The van der Waals surface area contributed by atoms with Crippen molar-refractivity contribution in [1.82, 2.24) is 4.98 Å². The monoisotopic (exact) mass is 207 g/mol. The van der Waals surface area contributed by atoms with Crippen LogP contribution in [0.15, 0.2) is 12.3 Å². The normalized spacial score (nSPS) is 17.5. The molecule has 0 atom stereocenters. The van der Waals surface area contributed by atoms with E-state index in [4.69, 9.17) is 10.8 Å². The maximum absolute atomic E-state index is 9.16. The zero-order chi connectivity index (χ0) is 10.9. The molecule has 82 valence electrons. The highest BCUT2D eigenvalue weighted by Gasteiger charge is 2.41.